The molecule has 2 aromatic carbocycles. The number of benzene rings is 2. The summed E-state index contributed by atoms with van der Waals surface area (Å²) in [7, 11) is 0. The average molecular weight is 276 g/mol. The van der Waals surface area contributed by atoms with Gasteiger partial charge in [0.15, 0.2) is 0 Å². The molecule has 5 heteroatoms. The van der Waals surface area contributed by atoms with Gasteiger partial charge in [-0.25, -0.2) is 0 Å². The molecule has 0 saturated carbocycles. The van der Waals surface area contributed by atoms with Gasteiger partial charge in [-0.1, -0.05) is 18.2 Å². The number of nitrogens with one attached hydrogen (secondary N) is 1. The van der Waals surface area contributed by atoms with E-state index in [0.717, 1.165) is 5.56 Å². The Labute approximate surface area is 122 Å². The predicted molar refractivity (Wildman–Crippen MR) is 78.2 cm³/mol. The van der Waals surface area contributed by atoms with Crippen molar-refractivity contribution in [3.8, 4) is 12.1 Å². The molecule has 0 bridgehead atoms. The summed E-state index contributed by atoms with van der Waals surface area (Å²) in [6.45, 7) is 0.383. The van der Waals surface area contributed by atoms with E-state index in [-0.39, 0.29) is 0 Å². The van der Waals surface area contributed by atoms with Gasteiger partial charge in [0, 0.05) is 12.1 Å². The lowest BCUT2D eigenvalue weighted by atomic mass is 10.1. The fourth-order valence-corrected chi connectivity index (χ4v) is 1.95. The summed E-state index contributed by atoms with van der Waals surface area (Å²) in [5.41, 5.74) is 7.79. The first kappa shape index (κ1) is 14.1. The van der Waals surface area contributed by atoms with Crippen LogP contribution in [0.5, 0.6) is 0 Å². The highest BCUT2D eigenvalue weighted by atomic mass is 16.1. The van der Waals surface area contributed by atoms with Crippen molar-refractivity contribution in [3.05, 3.63) is 64.7 Å². The number of amides is 1. The summed E-state index contributed by atoms with van der Waals surface area (Å²) in [5.74, 6) is -0.494. The van der Waals surface area contributed by atoms with Crippen molar-refractivity contribution in [2.45, 2.75) is 6.54 Å². The van der Waals surface area contributed by atoms with Crippen LogP contribution in [-0.2, 0) is 6.54 Å². The maximum atomic E-state index is 11.1. The maximum absolute atomic E-state index is 11.1. The van der Waals surface area contributed by atoms with Crippen molar-refractivity contribution in [1.82, 2.24) is 0 Å². The van der Waals surface area contributed by atoms with E-state index < -0.39 is 5.91 Å². The lowest BCUT2D eigenvalue weighted by Gasteiger charge is -2.10. The van der Waals surface area contributed by atoms with Crippen LogP contribution in [0.25, 0.3) is 0 Å². The number of carbonyl (C=O) groups excluding carboxylic acids is 1. The van der Waals surface area contributed by atoms with Crippen LogP contribution < -0.4 is 11.1 Å². The van der Waals surface area contributed by atoms with Crippen molar-refractivity contribution in [3.63, 3.8) is 0 Å². The number of nitriles is 2. The van der Waals surface area contributed by atoms with Crippen LogP contribution >= 0.6 is 0 Å². The lowest BCUT2D eigenvalue weighted by Crippen LogP contribution is -2.11. The second kappa shape index (κ2) is 6.23. The molecule has 0 atom stereocenters. The standard InChI is InChI=1S/C16H12N4O/c17-8-13-5-2-6-14(9-18)15(13)20-10-11-3-1-4-12(7-11)16(19)21/h1-7,20H,10H2,(H2,19,21). The Morgan fingerprint density at radius 1 is 1.10 bits per heavy atom. The Kier molecular flexibility index (Phi) is 4.18. The minimum absolute atomic E-state index is 0.383. The highest BCUT2D eigenvalue weighted by Crippen LogP contribution is 2.20. The fraction of sp³-hybridized carbons (Fsp3) is 0.0625. The molecule has 0 spiro atoms. The molecule has 3 N–H and O–H groups in total. The third-order valence-electron chi connectivity index (χ3n) is 2.99. The molecular weight excluding hydrogens is 264 g/mol. The summed E-state index contributed by atoms with van der Waals surface area (Å²) in [5, 5.41) is 21.3. The van der Waals surface area contributed by atoms with E-state index in [9.17, 15) is 4.79 Å². The van der Waals surface area contributed by atoms with Crippen molar-refractivity contribution < 1.29 is 4.79 Å². The fourth-order valence-electron chi connectivity index (χ4n) is 1.95. The van der Waals surface area contributed by atoms with E-state index in [4.69, 9.17) is 16.3 Å². The molecule has 0 radical (unpaired) electrons. The lowest BCUT2D eigenvalue weighted by molar-refractivity contribution is 0.1000. The second-order valence-corrected chi connectivity index (χ2v) is 4.37. The van der Waals surface area contributed by atoms with Crippen LogP contribution in [0.15, 0.2) is 42.5 Å². The quantitative estimate of drug-likeness (QED) is 0.892. The molecule has 102 valence electrons. The molecule has 2 rings (SSSR count). The van der Waals surface area contributed by atoms with Crippen LogP contribution in [0.3, 0.4) is 0 Å². The molecule has 1 amide bonds. The van der Waals surface area contributed by atoms with Crippen molar-refractivity contribution in [1.29, 1.82) is 10.5 Å². The van der Waals surface area contributed by atoms with Crippen molar-refractivity contribution in [2.24, 2.45) is 5.73 Å². The molecular formula is C16H12N4O. The van der Waals surface area contributed by atoms with E-state index in [1.807, 2.05) is 18.2 Å². The van der Waals surface area contributed by atoms with Gasteiger partial charge in [-0.15, -0.1) is 0 Å². The minimum atomic E-state index is -0.494. The Hall–Kier alpha value is -3.31. The Morgan fingerprint density at radius 3 is 2.29 bits per heavy atom. The molecule has 0 fully saturated rings. The second-order valence-electron chi connectivity index (χ2n) is 4.37. The van der Waals surface area contributed by atoms with Crippen LogP contribution in [0.2, 0.25) is 0 Å². The van der Waals surface area contributed by atoms with Gasteiger partial charge in [0.1, 0.15) is 12.1 Å². The van der Waals surface area contributed by atoms with E-state index in [1.54, 1.807) is 36.4 Å². The smallest absolute Gasteiger partial charge is 0.248 e. The van der Waals surface area contributed by atoms with Gasteiger partial charge >= 0.3 is 0 Å². The van der Waals surface area contributed by atoms with Gasteiger partial charge in [-0.2, -0.15) is 10.5 Å². The van der Waals surface area contributed by atoms with Gasteiger partial charge < -0.3 is 11.1 Å². The van der Waals surface area contributed by atoms with E-state index >= 15 is 0 Å². The monoisotopic (exact) mass is 276 g/mol. The number of para-hydroxylation sites is 1. The first-order valence-electron chi connectivity index (χ1n) is 6.21. The third-order valence-corrected chi connectivity index (χ3v) is 2.99. The molecule has 0 saturated heterocycles. The number of anilines is 1. The first-order valence-corrected chi connectivity index (χ1v) is 6.21. The SMILES string of the molecule is N#Cc1cccc(C#N)c1NCc1cccc(C(N)=O)c1. The number of rotatable bonds is 4. The topological polar surface area (TPSA) is 103 Å². The zero-order valence-corrected chi connectivity index (χ0v) is 11.1. The summed E-state index contributed by atoms with van der Waals surface area (Å²) in [6.07, 6.45) is 0. The summed E-state index contributed by atoms with van der Waals surface area (Å²) >= 11 is 0. The van der Waals surface area contributed by atoms with Crippen LogP contribution in [0, 0.1) is 22.7 Å². The Balaban J connectivity index is 2.25. The van der Waals surface area contributed by atoms with E-state index in [0.29, 0.717) is 28.9 Å². The molecule has 0 aliphatic heterocycles. The van der Waals surface area contributed by atoms with Crippen LogP contribution in [0.4, 0.5) is 5.69 Å². The van der Waals surface area contributed by atoms with E-state index in [2.05, 4.69) is 5.32 Å². The van der Waals surface area contributed by atoms with Gasteiger partial charge in [-0.05, 0) is 29.8 Å². The van der Waals surface area contributed by atoms with Gasteiger partial charge in [-0.3, -0.25) is 4.79 Å². The summed E-state index contributed by atoms with van der Waals surface area (Å²) in [6, 6.07) is 15.9. The largest absolute Gasteiger partial charge is 0.379 e. The van der Waals surface area contributed by atoms with Gasteiger partial charge in [0.25, 0.3) is 0 Å². The number of carbonyl (C=O) groups is 1. The molecule has 2 aromatic rings. The van der Waals surface area contributed by atoms with Crippen LogP contribution in [-0.4, -0.2) is 5.91 Å². The predicted octanol–water partition coefficient (Wildman–Crippen LogP) is 2.14. The summed E-state index contributed by atoms with van der Waals surface area (Å²) in [4.78, 5) is 11.1. The molecule has 0 aliphatic carbocycles. The average Bonchev–Trinajstić information content (AvgIpc) is 2.52. The Bertz CT molecular complexity index is 736. The number of hydrogen-bond acceptors (Lipinski definition) is 4. The zero-order valence-electron chi connectivity index (χ0n) is 11.1. The van der Waals surface area contributed by atoms with Crippen molar-refractivity contribution in [2.75, 3.05) is 5.32 Å². The molecule has 0 unspecified atom stereocenters. The normalized spacial score (nSPS) is 9.43. The number of hydrogen-bond donors (Lipinski definition) is 2. The Morgan fingerprint density at radius 2 is 1.71 bits per heavy atom. The van der Waals surface area contributed by atoms with Gasteiger partial charge in [0.2, 0.25) is 5.91 Å². The maximum Gasteiger partial charge on any atom is 0.248 e. The molecule has 0 heterocycles. The highest BCUT2D eigenvalue weighted by Gasteiger charge is 2.08. The van der Waals surface area contributed by atoms with E-state index in [1.165, 1.54) is 0 Å². The highest BCUT2D eigenvalue weighted by molar-refractivity contribution is 5.92. The molecule has 5 nitrogen and oxygen atoms in total. The molecule has 21 heavy (non-hydrogen) atoms. The number of nitrogens with zero attached hydrogens (tertiary/aromatic N) is 2. The van der Waals surface area contributed by atoms with Crippen LogP contribution in [0.1, 0.15) is 27.0 Å². The summed E-state index contributed by atoms with van der Waals surface area (Å²) < 4.78 is 0. The molecule has 0 aliphatic rings. The number of nitrogens with two attached hydrogens (primary N) is 1. The first-order chi connectivity index (χ1) is 10.2. The molecule has 0 aromatic heterocycles. The minimum Gasteiger partial charge on any atom is -0.379 e. The zero-order chi connectivity index (χ0) is 15.2. The van der Waals surface area contributed by atoms with Gasteiger partial charge in [0.05, 0.1) is 16.8 Å². The number of primary amides is 1. The van der Waals surface area contributed by atoms with Crippen molar-refractivity contribution >= 4 is 11.6 Å². The third kappa shape index (κ3) is 3.17.